The summed E-state index contributed by atoms with van der Waals surface area (Å²) in [5.74, 6) is 0. The molecule has 0 atom stereocenters. The SMILES string of the molecule is Cc1c(B(O)O)c2ccccc2n1C(=O)OC(C)(C)C. The van der Waals surface area contributed by atoms with E-state index in [4.69, 9.17) is 4.74 Å². The van der Waals surface area contributed by atoms with E-state index >= 15 is 0 Å². The largest absolute Gasteiger partial charge is 0.490 e. The van der Waals surface area contributed by atoms with Crippen molar-refractivity contribution in [2.45, 2.75) is 33.3 Å². The maximum Gasteiger partial charge on any atom is 0.490 e. The van der Waals surface area contributed by atoms with Crippen molar-refractivity contribution < 1.29 is 19.6 Å². The lowest BCUT2D eigenvalue weighted by molar-refractivity contribution is 0.0542. The lowest BCUT2D eigenvalue weighted by atomic mass is 9.78. The van der Waals surface area contributed by atoms with Crippen LogP contribution in [0.2, 0.25) is 0 Å². The Bertz CT molecular complexity index is 655. The van der Waals surface area contributed by atoms with Gasteiger partial charge in [-0.3, -0.25) is 4.57 Å². The first-order valence-corrected chi connectivity index (χ1v) is 6.42. The van der Waals surface area contributed by atoms with Gasteiger partial charge in [-0.2, -0.15) is 0 Å². The molecule has 1 aromatic heterocycles. The Kier molecular flexibility index (Phi) is 3.62. The van der Waals surface area contributed by atoms with Crippen LogP contribution < -0.4 is 5.46 Å². The van der Waals surface area contributed by atoms with E-state index in [1.807, 2.05) is 0 Å². The minimum atomic E-state index is -1.64. The first-order chi connectivity index (χ1) is 9.22. The first-order valence-electron chi connectivity index (χ1n) is 6.42. The zero-order chi connectivity index (χ0) is 15.1. The fourth-order valence-corrected chi connectivity index (χ4v) is 2.26. The molecule has 2 aromatic rings. The van der Waals surface area contributed by atoms with Crippen LogP contribution >= 0.6 is 0 Å². The summed E-state index contributed by atoms with van der Waals surface area (Å²) >= 11 is 0. The van der Waals surface area contributed by atoms with Crippen LogP contribution in [0.1, 0.15) is 26.5 Å². The number of carbonyl (C=O) groups excluding carboxylic acids is 1. The molecule has 0 fully saturated rings. The van der Waals surface area contributed by atoms with Crippen LogP contribution in [0.15, 0.2) is 24.3 Å². The highest BCUT2D eigenvalue weighted by atomic mass is 16.6. The highest BCUT2D eigenvalue weighted by Gasteiger charge is 2.27. The number of aromatic nitrogens is 1. The molecule has 0 saturated heterocycles. The van der Waals surface area contributed by atoms with Crippen LogP contribution in [0.3, 0.4) is 0 Å². The fourth-order valence-electron chi connectivity index (χ4n) is 2.26. The summed E-state index contributed by atoms with van der Waals surface area (Å²) in [5, 5.41) is 19.7. The van der Waals surface area contributed by atoms with Gasteiger partial charge in [0.15, 0.2) is 0 Å². The van der Waals surface area contributed by atoms with Crippen LogP contribution in [-0.4, -0.2) is 33.4 Å². The molecular formula is C14H18BNO4. The van der Waals surface area contributed by atoms with Gasteiger partial charge in [-0.05, 0) is 33.8 Å². The number of para-hydroxylation sites is 1. The van der Waals surface area contributed by atoms with Gasteiger partial charge in [-0.15, -0.1) is 0 Å². The first kappa shape index (κ1) is 14.6. The van der Waals surface area contributed by atoms with Gasteiger partial charge >= 0.3 is 13.2 Å². The van der Waals surface area contributed by atoms with Crippen LogP contribution in [0.25, 0.3) is 10.9 Å². The Balaban J connectivity index is 2.65. The highest BCUT2D eigenvalue weighted by molar-refractivity contribution is 6.62. The minimum Gasteiger partial charge on any atom is -0.443 e. The second-order valence-corrected chi connectivity index (χ2v) is 5.71. The van der Waals surface area contributed by atoms with Crippen molar-refractivity contribution in [1.82, 2.24) is 4.57 Å². The monoisotopic (exact) mass is 275 g/mol. The van der Waals surface area contributed by atoms with Crippen LogP contribution in [0.5, 0.6) is 0 Å². The van der Waals surface area contributed by atoms with Crippen molar-refractivity contribution in [2.24, 2.45) is 0 Å². The molecule has 106 valence electrons. The summed E-state index contributed by atoms with van der Waals surface area (Å²) in [6.07, 6.45) is -0.530. The zero-order valence-corrected chi connectivity index (χ0v) is 12.0. The predicted octanol–water partition coefficient (Wildman–Crippen LogP) is 1.41. The van der Waals surface area contributed by atoms with Crippen molar-refractivity contribution in [2.75, 3.05) is 0 Å². The van der Waals surface area contributed by atoms with E-state index in [-0.39, 0.29) is 0 Å². The Morgan fingerprint density at radius 2 is 1.85 bits per heavy atom. The van der Waals surface area contributed by atoms with Crippen molar-refractivity contribution in [3.8, 4) is 0 Å². The number of hydrogen-bond acceptors (Lipinski definition) is 4. The fraction of sp³-hybridized carbons (Fsp3) is 0.357. The molecule has 0 aliphatic rings. The van der Waals surface area contributed by atoms with Crippen molar-refractivity contribution in [1.29, 1.82) is 0 Å². The van der Waals surface area contributed by atoms with Gasteiger partial charge in [-0.1, -0.05) is 18.2 Å². The van der Waals surface area contributed by atoms with Gasteiger partial charge < -0.3 is 14.8 Å². The lowest BCUT2D eigenvalue weighted by Crippen LogP contribution is -2.33. The summed E-state index contributed by atoms with van der Waals surface area (Å²) in [7, 11) is -1.64. The van der Waals surface area contributed by atoms with Crippen molar-refractivity contribution in [3.63, 3.8) is 0 Å². The normalized spacial score (nSPS) is 11.7. The molecule has 2 N–H and O–H groups in total. The van der Waals surface area contributed by atoms with Gasteiger partial charge in [0.1, 0.15) is 5.60 Å². The number of nitrogens with zero attached hydrogens (tertiary/aromatic N) is 1. The molecule has 0 unspecified atom stereocenters. The second-order valence-electron chi connectivity index (χ2n) is 5.71. The molecular weight excluding hydrogens is 257 g/mol. The molecule has 0 aliphatic carbocycles. The number of carbonyl (C=O) groups is 1. The summed E-state index contributed by atoms with van der Waals surface area (Å²) in [4.78, 5) is 12.3. The maximum atomic E-state index is 12.3. The molecule has 0 spiro atoms. The molecule has 1 aromatic carbocycles. The average Bonchev–Trinajstić information content (AvgIpc) is 2.58. The third-order valence-corrected chi connectivity index (χ3v) is 2.99. The third kappa shape index (κ3) is 2.57. The van der Waals surface area contributed by atoms with Gasteiger partial charge in [0.05, 0.1) is 5.52 Å². The van der Waals surface area contributed by atoms with E-state index < -0.39 is 18.8 Å². The molecule has 0 saturated carbocycles. The number of ether oxygens (including phenoxy) is 1. The Hall–Kier alpha value is -1.79. The van der Waals surface area contributed by atoms with Crippen LogP contribution in [0, 0.1) is 6.92 Å². The van der Waals surface area contributed by atoms with Crippen LogP contribution in [-0.2, 0) is 4.74 Å². The van der Waals surface area contributed by atoms with E-state index in [2.05, 4.69) is 0 Å². The Morgan fingerprint density at radius 1 is 1.25 bits per heavy atom. The van der Waals surface area contributed by atoms with Crippen molar-refractivity contribution in [3.05, 3.63) is 30.0 Å². The van der Waals surface area contributed by atoms with E-state index in [0.29, 0.717) is 22.1 Å². The smallest absolute Gasteiger partial charge is 0.443 e. The third-order valence-electron chi connectivity index (χ3n) is 2.99. The number of hydrogen-bond donors (Lipinski definition) is 2. The van der Waals surface area contributed by atoms with Gasteiger partial charge in [0.2, 0.25) is 0 Å². The summed E-state index contributed by atoms with van der Waals surface area (Å²) < 4.78 is 6.74. The summed E-state index contributed by atoms with van der Waals surface area (Å²) in [5.41, 5.74) is 0.775. The van der Waals surface area contributed by atoms with E-state index in [9.17, 15) is 14.8 Å². The Labute approximate surface area is 117 Å². The number of benzene rings is 1. The maximum absolute atomic E-state index is 12.3. The average molecular weight is 275 g/mol. The van der Waals surface area contributed by atoms with E-state index in [1.165, 1.54) is 4.57 Å². The summed E-state index contributed by atoms with van der Waals surface area (Å²) in [6, 6.07) is 7.07. The molecule has 0 aliphatic heterocycles. The predicted molar refractivity (Wildman–Crippen MR) is 78.1 cm³/mol. The summed E-state index contributed by atoms with van der Waals surface area (Å²) in [6.45, 7) is 7.02. The van der Waals surface area contributed by atoms with Crippen LogP contribution in [0.4, 0.5) is 4.79 Å². The Morgan fingerprint density at radius 3 is 2.40 bits per heavy atom. The molecule has 6 heteroatoms. The lowest BCUT2D eigenvalue weighted by Gasteiger charge is -2.20. The van der Waals surface area contributed by atoms with Gasteiger partial charge in [0.25, 0.3) is 0 Å². The molecule has 2 rings (SSSR count). The number of fused-ring (bicyclic) bond motifs is 1. The number of rotatable bonds is 1. The molecule has 1 heterocycles. The van der Waals surface area contributed by atoms with Gasteiger partial charge in [0, 0.05) is 16.5 Å². The molecule has 0 radical (unpaired) electrons. The standard InChI is InChI=1S/C14H18BNO4/c1-9-12(15(18)19)10-7-5-6-8-11(10)16(9)13(17)20-14(2,3)4/h5-8,18-19H,1-4H3. The van der Waals surface area contributed by atoms with Crippen molar-refractivity contribution >= 4 is 29.6 Å². The molecule has 20 heavy (non-hydrogen) atoms. The molecule has 0 amide bonds. The molecule has 0 bridgehead atoms. The quantitative estimate of drug-likeness (QED) is 0.772. The highest BCUT2D eigenvalue weighted by Crippen LogP contribution is 2.20. The second kappa shape index (κ2) is 4.96. The van der Waals surface area contributed by atoms with E-state index in [0.717, 1.165) is 0 Å². The minimum absolute atomic E-state index is 0.325. The van der Waals surface area contributed by atoms with Gasteiger partial charge in [-0.25, -0.2) is 4.79 Å². The topological polar surface area (TPSA) is 71.7 Å². The van der Waals surface area contributed by atoms with E-state index in [1.54, 1.807) is 52.0 Å². The molecule has 5 nitrogen and oxygen atoms in total. The zero-order valence-electron chi connectivity index (χ0n) is 12.0.